The molecule has 2 heterocycles. The van der Waals surface area contributed by atoms with Crippen molar-refractivity contribution in [3.63, 3.8) is 0 Å². The van der Waals surface area contributed by atoms with Crippen LogP contribution in [-0.2, 0) is 4.74 Å². The van der Waals surface area contributed by atoms with Gasteiger partial charge in [0.25, 0.3) is 5.91 Å². The second-order valence-corrected chi connectivity index (χ2v) is 5.49. The Bertz CT molecular complexity index is 684. The van der Waals surface area contributed by atoms with Gasteiger partial charge in [-0.25, -0.2) is 9.97 Å². The molecule has 2 N–H and O–H groups in total. The number of aromatic nitrogens is 2. The van der Waals surface area contributed by atoms with Crippen molar-refractivity contribution in [1.82, 2.24) is 9.97 Å². The first-order chi connectivity index (χ1) is 11.7. The molecule has 3 rings (SSSR count). The topological polar surface area (TPSA) is 85.4 Å². The van der Waals surface area contributed by atoms with Gasteiger partial charge in [-0.2, -0.15) is 0 Å². The van der Waals surface area contributed by atoms with Crippen LogP contribution in [0.15, 0.2) is 36.7 Å². The molecule has 0 spiro atoms. The fourth-order valence-electron chi connectivity index (χ4n) is 2.46. The molecule has 2 aromatic rings. The number of amides is 1. The number of nitrogens with one attached hydrogen (secondary N) is 2. The largest absolute Gasteiger partial charge is 0.497 e. The Balaban J connectivity index is 1.56. The van der Waals surface area contributed by atoms with E-state index in [1.807, 2.05) is 6.07 Å². The second kappa shape index (κ2) is 7.74. The summed E-state index contributed by atoms with van der Waals surface area (Å²) in [5, 5.41) is 5.94. The summed E-state index contributed by atoms with van der Waals surface area (Å²) in [6.07, 6.45) is 5.38. The van der Waals surface area contributed by atoms with E-state index in [4.69, 9.17) is 9.47 Å². The van der Waals surface area contributed by atoms with Crippen LogP contribution in [0, 0.1) is 0 Å². The van der Waals surface area contributed by atoms with E-state index < -0.39 is 0 Å². The molecule has 0 aliphatic carbocycles. The van der Waals surface area contributed by atoms with Crippen molar-refractivity contribution in [1.29, 1.82) is 0 Å². The summed E-state index contributed by atoms with van der Waals surface area (Å²) < 4.78 is 10.7. The van der Waals surface area contributed by atoms with E-state index in [9.17, 15) is 4.79 Å². The fraction of sp³-hybridized carbons (Fsp3) is 0.353. The first kappa shape index (κ1) is 16.2. The molecule has 1 amide bonds. The van der Waals surface area contributed by atoms with Gasteiger partial charge in [0.2, 0.25) is 0 Å². The molecule has 1 aromatic heterocycles. The molecule has 0 saturated carbocycles. The molecule has 7 heteroatoms. The summed E-state index contributed by atoms with van der Waals surface area (Å²) >= 11 is 0. The number of hydrogen-bond acceptors (Lipinski definition) is 6. The predicted octanol–water partition coefficient (Wildman–Crippen LogP) is 2.33. The van der Waals surface area contributed by atoms with Gasteiger partial charge in [-0.3, -0.25) is 4.79 Å². The monoisotopic (exact) mass is 328 g/mol. The third-order valence-electron chi connectivity index (χ3n) is 3.75. The van der Waals surface area contributed by atoms with Crippen molar-refractivity contribution < 1.29 is 14.3 Å². The number of ether oxygens (including phenoxy) is 2. The summed E-state index contributed by atoms with van der Waals surface area (Å²) in [6.45, 7) is 1.52. The van der Waals surface area contributed by atoms with Crippen LogP contribution in [0.5, 0.6) is 5.75 Å². The van der Waals surface area contributed by atoms with E-state index in [1.54, 1.807) is 31.5 Å². The zero-order valence-electron chi connectivity index (χ0n) is 13.5. The minimum atomic E-state index is -0.318. The van der Waals surface area contributed by atoms with Crippen LogP contribution in [0.25, 0.3) is 0 Å². The van der Waals surface area contributed by atoms with Crippen LogP contribution in [0.1, 0.15) is 23.3 Å². The molecule has 0 bridgehead atoms. The Hall–Kier alpha value is -2.67. The number of carbonyl (C=O) groups excluding carboxylic acids is 1. The van der Waals surface area contributed by atoms with E-state index in [1.165, 1.54) is 6.20 Å². The second-order valence-electron chi connectivity index (χ2n) is 5.49. The van der Waals surface area contributed by atoms with Crippen LogP contribution in [0.4, 0.5) is 11.5 Å². The van der Waals surface area contributed by atoms with Crippen molar-refractivity contribution >= 4 is 17.4 Å². The molecule has 1 atom stereocenters. The first-order valence-corrected chi connectivity index (χ1v) is 7.87. The lowest BCUT2D eigenvalue weighted by molar-refractivity contribution is 0.102. The van der Waals surface area contributed by atoms with Gasteiger partial charge in [-0.1, -0.05) is 6.07 Å². The van der Waals surface area contributed by atoms with Crippen molar-refractivity contribution in [2.24, 2.45) is 0 Å². The standard InChI is InChI=1S/C17H20N4O3/c1-23-13-5-2-4-12(8-13)21-17(22)15-10-20-16(11-18-15)19-9-14-6-3-7-24-14/h2,4-5,8,10-11,14H,3,6-7,9H2,1H3,(H,19,20)(H,21,22). The Morgan fingerprint density at radius 1 is 1.38 bits per heavy atom. The predicted molar refractivity (Wildman–Crippen MR) is 90.4 cm³/mol. The lowest BCUT2D eigenvalue weighted by Gasteiger charge is -2.11. The molecule has 1 saturated heterocycles. The molecule has 1 unspecified atom stereocenters. The van der Waals surface area contributed by atoms with Gasteiger partial charge in [-0.15, -0.1) is 0 Å². The third-order valence-corrected chi connectivity index (χ3v) is 3.75. The number of anilines is 2. The maximum absolute atomic E-state index is 12.2. The number of hydrogen-bond donors (Lipinski definition) is 2. The van der Waals surface area contributed by atoms with Crippen molar-refractivity contribution in [3.8, 4) is 5.75 Å². The van der Waals surface area contributed by atoms with Gasteiger partial charge in [0.05, 0.1) is 25.6 Å². The highest BCUT2D eigenvalue weighted by atomic mass is 16.5. The van der Waals surface area contributed by atoms with Crippen LogP contribution < -0.4 is 15.4 Å². The quantitative estimate of drug-likeness (QED) is 0.846. The molecule has 1 aromatic carbocycles. The number of nitrogens with zero attached hydrogens (tertiary/aromatic N) is 2. The van der Waals surface area contributed by atoms with E-state index in [0.29, 0.717) is 23.8 Å². The van der Waals surface area contributed by atoms with Crippen LogP contribution >= 0.6 is 0 Å². The highest BCUT2D eigenvalue weighted by Crippen LogP contribution is 2.17. The van der Waals surface area contributed by atoms with Crippen molar-refractivity contribution in [2.45, 2.75) is 18.9 Å². The molecular formula is C17H20N4O3. The van der Waals surface area contributed by atoms with Crippen molar-refractivity contribution in [3.05, 3.63) is 42.4 Å². The highest BCUT2D eigenvalue weighted by molar-refractivity contribution is 6.02. The maximum Gasteiger partial charge on any atom is 0.275 e. The summed E-state index contributed by atoms with van der Waals surface area (Å²) in [6, 6.07) is 7.14. The average molecular weight is 328 g/mol. The average Bonchev–Trinajstić information content (AvgIpc) is 3.14. The molecule has 0 radical (unpaired) electrons. The maximum atomic E-state index is 12.2. The molecule has 7 nitrogen and oxygen atoms in total. The SMILES string of the molecule is COc1cccc(NC(=O)c2cnc(NCC3CCCO3)cn2)c1. The first-order valence-electron chi connectivity index (χ1n) is 7.87. The Labute approximate surface area is 140 Å². The Morgan fingerprint density at radius 2 is 2.29 bits per heavy atom. The lowest BCUT2D eigenvalue weighted by atomic mass is 10.2. The smallest absolute Gasteiger partial charge is 0.275 e. The molecular weight excluding hydrogens is 308 g/mol. The van der Waals surface area contributed by atoms with Crippen LogP contribution in [0.3, 0.4) is 0 Å². The molecule has 24 heavy (non-hydrogen) atoms. The van der Waals surface area contributed by atoms with Crippen LogP contribution in [0.2, 0.25) is 0 Å². The molecule has 1 aliphatic heterocycles. The van der Waals surface area contributed by atoms with Gasteiger partial charge in [0, 0.05) is 24.9 Å². The highest BCUT2D eigenvalue weighted by Gasteiger charge is 2.15. The van der Waals surface area contributed by atoms with E-state index in [0.717, 1.165) is 19.4 Å². The Kier molecular flexibility index (Phi) is 5.22. The third kappa shape index (κ3) is 4.20. The number of carbonyl (C=O) groups is 1. The summed E-state index contributed by atoms with van der Waals surface area (Å²) in [5.41, 5.74) is 0.891. The number of rotatable bonds is 6. The minimum absolute atomic E-state index is 0.225. The zero-order chi connectivity index (χ0) is 16.8. The minimum Gasteiger partial charge on any atom is -0.497 e. The van der Waals surface area contributed by atoms with E-state index >= 15 is 0 Å². The summed E-state index contributed by atoms with van der Waals surface area (Å²) in [4.78, 5) is 20.6. The van der Waals surface area contributed by atoms with Crippen molar-refractivity contribution in [2.75, 3.05) is 30.9 Å². The zero-order valence-corrected chi connectivity index (χ0v) is 13.5. The van der Waals surface area contributed by atoms with Gasteiger partial charge >= 0.3 is 0 Å². The van der Waals surface area contributed by atoms with Gasteiger partial charge in [0.15, 0.2) is 0 Å². The van der Waals surface area contributed by atoms with Crippen LogP contribution in [-0.4, -0.2) is 42.2 Å². The van der Waals surface area contributed by atoms with E-state index in [-0.39, 0.29) is 17.7 Å². The summed E-state index contributed by atoms with van der Waals surface area (Å²) in [5.74, 6) is 0.984. The van der Waals surface area contributed by atoms with Gasteiger partial charge in [-0.05, 0) is 25.0 Å². The normalized spacial score (nSPS) is 16.6. The lowest BCUT2D eigenvalue weighted by Crippen LogP contribution is -2.19. The molecule has 1 aliphatic rings. The number of benzene rings is 1. The fourth-order valence-corrected chi connectivity index (χ4v) is 2.46. The number of methoxy groups -OCH3 is 1. The van der Waals surface area contributed by atoms with Gasteiger partial charge < -0.3 is 20.1 Å². The van der Waals surface area contributed by atoms with E-state index in [2.05, 4.69) is 20.6 Å². The van der Waals surface area contributed by atoms with Gasteiger partial charge in [0.1, 0.15) is 17.3 Å². The molecule has 1 fully saturated rings. The Morgan fingerprint density at radius 3 is 3.00 bits per heavy atom. The molecule has 126 valence electrons. The summed E-state index contributed by atoms with van der Waals surface area (Å²) in [7, 11) is 1.58.